The number of aromatic nitrogens is 1. The third-order valence-corrected chi connectivity index (χ3v) is 4.53. The molecule has 0 saturated heterocycles. The van der Waals surface area contributed by atoms with Crippen LogP contribution in [0.5, 0.6) is 0 Å². The molecular weight excluding hydrogens is 275 g/mol. The van der Waals surface area contributed by atoms with E-state index >= 15 is 0 Å². The molecule has 1 fully saturated rings. The van der Waals surface area contributed by atoms with Crippen molar-refractivity contribution in [2.45, 2.75) is 44.9 Å². The van der Waals surface area contributed by atoms with Gasteiger partial charge in [-0.2, -0.15) is 13.2 Å². The van der Waals surface area contributed by atoms with Crippen molar-refractivity contribution < 1.29 is 13.2 Å². The van der Waals surface area contributed by atoms with Crippen LogP contribution in [0.15, 0.2) is 6.20 Å². The number of anilines is 1. The van der Waals surface area contributed by atoms with E-state index in [1.165, 1.54) is 11.3 Å². The van der Waals surface area contributed by atoms with Gasteiger partial charge in [0, 0.05) is 30.7 Å². The fourth-order valence-corrected chi connectivity index (χ4v) is 2.94. The fraction of sp³-hybridized carbons (Fsp3) is 0.750. The Labute approximate surface area is 114 Å². The lowest BCUT2D eigenvalue weighted by atomic mass is 10.2. The van der Waals surface area contributed by atoms with Crippen molar-refractivity contribution in [3.8, 4) is 0 Å². The minimum Gasteiger partial charge on any atom is -0.349 e. The van der Waals surface area contributed by atoms with Crippen LogP contribution in [0.2, 0.25) is 0 Å². The number of hydrogen-bond acceptors (Lipinski definition) is 4. The standard InChI is InChI=1S/C12H18F3N3S/c1-3-18(4-2)10-16-7-9(19-10)8-17-11(5-6-11)12(13,14)15/h7,17H,3-6,8H2,1-2H3. The first-order valence-corrected chi connectivity index (χ1v) is 7.25. The van der Waals surface area contributed by atoms with E-state index in [0.717, 1.165) is 23.1 Å². The maximum atomic E-state index is 12.8. The first-order chi connectivity index (χ1) is 8.92. The van der Waals surface area contributed by atoms with E-state index in [-0.39, 0.29) is 19.4 Å². The Morgan fingerprint density at radius 2 is 2.00 bits per heavy atom. The van der Waals surface area contributed by atoms with Gasteiger partial charge in [0.2, 0.25) is 0 Å². The molecule has 0 radical (unpaired) electrons. The van der Waals surface area contributed by atoms with Gasteiger partial charge in [0.15, 0.2) is 5.13 Å². The van der Waals surface area contributed by atoms with Gasteiger partial charge in [0.05, 0.1) is 0 Å². The van der Waals surface area contributed by atoms with Gasteiger partial charge in [-0.15, -0.1) is 11.3 Å². The minimum absolute atomic E-state index is 0.179. The van der Waals surface area contributed by atoms with E-state index in [1.54, 1.807) is 6.20 Å². The molecule has 1 N–H and O–H groups in total. The molecule has 0 aliphatic heterocycles. The van der Waals surface area contributed by atoms with Crippen molar-refractivity contribution in [3.63, 3.8) is 0 Å². The topological polar surface area (TPSA) is 28.2 Å². The molecule has 0 spiro atoms. The molecule has 0 bridgehead atoms. The summed E-state index contributed by atoms with van der Waals surface area (Å²) in [6.07, 6.45) is -2.13. The maximum absolute atomic E-state index is 12.8. The predicted octanol–water partition coefficient (Wildman–Crippen LogP) is 3.17. The number of rotatable bonds is 6. The van der Waals surface area contributed by atoms with Crippen LogP contribution < -0.4 is 10.2 Å². The lowest BCUT2D eigenvalue weighted by Crippen LogP contribution is -2.44. The summed E-state index contributed by atoms with van der Waals surface area (Å²) < 4.78 is 38.3. The van der Waals surface area contributed by atoms with Crippen LogP contribution in [0, 0.1) is 0 Å². The summed E-state index contributed by atoms with van der Waals surface area (Å²) in [5, 5.41) is 3.52. The fourth-order valence-electron chi connectivity index (χ4n) is 1.96. The molecule has 0 aromatic carbocycles. The zero-order chi connectivity index (χ0) is 14.1. The smallest absolute Gasteiger partial charge is 0.349 e. The highest BCUT2D eigenvalue weighted by atomic mass is 32.1. The van der Waals surface area contributed by atoms with E-state index in [9.17, 15) is 13.2 Å². The Morgan fingerprint density at radius 1 is 1.37 bits per heavy atom. The van der Waals surface area contributed by atoms with Gasteiger partial charge in [-0.3, -0.25) is 5.32 Å². The van der Waals surface area contributed by atoms with E-state index in [1.807, 2.05) is 13.8 Å². The maximum Gasteiger partial charge on any atom is 0.406 e. The van der Waals surface area contributed by atoms with Gasteiger partial charge in [0.25, 0.3) is 0 Å². The van der Waals surface area contributed by atoms with Gasteiger partial charge >= 0.3 is 6.18 Å². The molecule has 0 atom stereocenters. The summed E-state index contributed by atoms with van der Waals surface area (Å²) >= 11 is 1.45. The van der Waals surface area contributed by atoms with Crippen LogP contribution in [0.4, 0.5) is 18.3 Å². The number of alkyl halides is 3. The Morgan fingerprint density at radius 3 is 2.47 bits per heavy atom. The lowest BCUT2D eigenvalue weighted by Gasteiger charge is -2.20. The van der Waals surface area contributed by atoms with Crippen LogP contribution in [-0.2, 0) is 6.54 Å². The van der Waals surface area contributed by atoms with Crippen LogP contribution in [-0.4, -0.2) is 29.8 Å². The zero-order valence-electron chi connectivity index (χ0n) is 11.0. The van der Waals surface area contributed by atoms with E-state index < -0.39 is 11.7 Å². The molecule has 1 aromatic rings. The summed E-state index contributed by atoms with van der Waals surface area (Å²) in [6.45, 7) is 6.00. The summed E-state index contributed by atoms with van der Waals surface area (Å²) in [7, 11) is 0. The number of halogens is 3. The molecule has 1 aliphatic rings. The molecule has 0 unspecified atom stereocenters. The van der Waals surface area contributed by atoms with Crippen molar-refractivity contribution >= 4 is 16.5 Å². The van der Waals surface area contributed by atoms with E-state index in [2.05, 4.69) is 15.2 Å². The quantitative estimate of drug-likeness (QED) is 0.873. The van der Waals surface area contributed by atoms with Gasteiger partial charge in [-0.1, -0.05) is 0 Å². The minimum atomic E-state index is -4.15. The normalized spacial score (nSPS) is 17.5. The molecule has 19 heavy (non-hydrogen) atoms. The largest absolute Gasteiger partial charge is 0.406 e. The molecule has 108 valence electrons. The van der Waals surface area contributed by atoms with Crippen molar-refractivity contribution in [2.24, 2.45) is 0 Å². The second-order valence-corrected chi connectivity index (χ2v) is 5.81. The summed E-state index contributed by atoms with van der Waals surface area (Å²) in [6, 6.07) is 0. The molecule has 2 rings (SSSR count). The molecule has 1 heterocycles. The zero-order valence-corrected chi connectivity index (χ0v) is 11.9. The molecule has 1 aromatic heterocycles. The van der Waals surface area contributed by atoms with Crippen molar-refractivity contribution in [1.82, 2.24) is 10.3 Å². The first-order valence-electron chi connectivity index (χ1n) is 6.43. The number of hydrogen-bond donors (Lipinski definition) is 1. The van der Waals surface area contributed by atoms with Crippen LogP contribution in [0.3, 0.4) is 0 Å². The third kappa shape index (κ3) is 3.02. The van der Waals surface area contributed by atoms with Crippen LogP contribution in [0.1, 0.15) is 31.6 Å². The van der Waals surface area contributed by atoms with Gasteiger partial charge in [0.1, 0.15) is 5.54 Å². The number of nitrogens with one attached hydrogen (secondary N) is 1. The molecular formula is C12H18F3N3S. The van der Waals surface area contributed by atoms with E-state index in [0.29, 0.717) is 0 Å². The highest BCUT2D eigenvalue weighted by molar-refractivity contribution is 7.15. The second kappa shape index (κ2) is 5.28. The van der Waals surface area contributed by atoms with Gasteiger partial charge < -0.3 is 4.90 Å². The van der Waals surface area contributed by atoms with Gasteiger partial charge in [-0.05, 0) is 26.7 Å². The Hall–Kier alpha value is -0.820. The average Bonchev–Trinajstić information content (AvgIpc) is 3.02. The van der Waals surface area contributed by atoms with Crippen LogP contribution in [0.25, 0.3) is 0 Å². The summed E-state index contributed by atoms with van der Waals surface area (Å²) in [4.78, 5) is 7.20. The van der Waals surface area contributed by atoms with E-state index in [4.69, 9.17) is 0 Å². The molecule has 7 heteroatoms. The Kier molecular flexibility index (Phi) is 4.06. The Bertz CT molecular complexity index is 422. The van der Waals surface area contributed by atoms with Crippen LogP contribution >= 0.6 is 11.3 Å². The molecule has 1 saturated carbocycles. The monoisotopic (exact) mass is 293 g/mol. The number of nitrogens with zero attached hydrogens (tertiary/aromatic N) is 2. The second-order valence-electron chi connectivity index (χ2n) is 4.71. The SMILES string of the molecule is CCN(CC)c1ncc(CNC2(C(F)(F)F)CC2)s1. The summed E-state index contributed by atoms with van der Waals surface area (Å²) in [5.74, 6) is 0. The predicted molar refractivity (Wildman–Crippen MR) is 70.5 cm³/mol. The highest BCUT2D eigenvalue weighted by Crippen LogP contribution is 2.49. The Balaban J connectivity index is 1.94. The number of thiazole rings is 1. The molecule has 3 nitrogen and oxygen atoms in total. The summed E-state index contributed by atoms with van der Waals surface area (Å²) in [5.41, 5.74) is -1.65. The first kappa shape index (κ1) is 14.6. The van der Waals surface area contributed by atoms with Crippen molar-refractivity contribution in [2.75, 3.05) is 18.0 Å². The molecule has 0 amide bonds. The highest BCUT2D eigenvalue weighted by Gasteiger charge is 2.62. The van der Waals surface area contributed by atoms with Crippen molar-refractivity contribution in [1.29, 1.82) is 0 Å². The van der Waals surface area contributed by atoms with Crippen molar-refractivity contribution in [3.05, 3.63) is 11.1 Å². The average molecular weight is 293 g/mol. The molecule has 1 aliphatic carbocycles. The third-order valence-electron chi connectivity index (χ3n) is 3.47. The van der Waals surface area contributed by atoms with Gasteiger partial charge in [-0.25, -0.2) is 4.98 Å². The lowest BCUT2D eigenvalue weighted by molar-refractivity contribution is -0.166.